The maximum atomic E-state index is 13.6. The van der Waals surface area contributed by atoms with Gasteiger partial charge in [0.1, 0.15) is 5.82 Å². The van der Waals surface area contributed by atoms with E-state index in [2.05, 4.69) is 59.0 Å². The van der Waals surface area contributed by atoms with Gasteiger partial charge in [0.2, 0.25) is 0 Å². The summed E-state index contributed by atoms with van der Waals surface area (Å²) in [5, 5.41) is 0. The van der Waals surface area contributed by atoms with E-state index in [0.717, 1.165) is 44.5 Å². The molecular formula is C24H27FN2. The number of aromatic nitrogens is 1. The first-order chi connectivity index (χ1) is 13.2. The van der Waals surface area contributed by atoms with Crippen LogP contribution in [0.3, 0.4) is 0 Å². The van der Waals surface area contributed by atoms with Crippen LogP contribution in [0.5, 0.6) is 0 Å². The molecular weight excluding hydrogens is 335 g/mol. The Kier molecular flexibility index (Phi) is 5.40. The molecule has 140 valence electrons. The van der Waals surface area contributed by atoms with Crippen LogP contribution >= 0.6 is 0 Å². The van der Waals surface area contributed by atoms with Crippen molar-refractivity contribution in [2.45, 2.75) is 45.3 Å². The summed E-state index contributed by atoms with van der Waals surface area (Å²) in [6.45, 7) is 4.98. The highest BCUT2D eigenvalue weighted by molar-refractivity contribution is 5.24. The van der Waals surface area contributed by atoms with Gasteiger partial charge in [-0.2, -0.15) is 0 Å². The summed E-state index contributed by atoms with van der Waals surface area (Å²) in [5.74, 6) is -0.152. The Labute approximate surface area is 161 Å². The average Bonchev–Trinajstić information content (AvgIpc) is 3.16. The van der Waals surface area contributed by atoms with E-state index in [1.54, 1.807) is 6.07 Å². The molecule has 0 fully saturated rings. The second-order valence-corrected chi connectivity index (χ2v) is 7.45. The molecule has 0 aliphatic carbocycles. The molecule has 0 N–H and O–H groups in total. The van der Waals surface area contributed by atoms with Crippen LogP contribution in [-0.4, -0.2) is 16.0 Å². The lowest BCUT2D eigenvalue weighted by Crippen LogP contribution is -2.37. The number of aryl methyl sites for hydroxylation is 2. The van der Waals surface area contributed by atoms with E-state index < -0.39 is 0 Å². The first-order valence-corrected chi connectivity index (χ1v) is 9.94. The van der Waals surface area contributed by atoms with Crippen molar-refractivity contribution in [1.82, 2.24) is 9.47 Å². The van der Waals surface area contributed by atoms with Crippen molar-refractivity contribution in [1.29, 1.82) is 0 Å². The maximum absolute atomic E-state index is 13.6. The van der Waals surface area contributed by atoms with Gasteiger partial charge in [-0.3, -0.25) is 4.90 Å². The third-order valence-electron chi connectivity index (χ3n) is 5.69. The van der Waals surface area contributed by atoms with Crippen LogP contribution in [0, 0.1) is 5.82 Å². The number of fused-ring (bicyclic) bond motifs is 1. The minimum atomic E-state index is -0.152. The summed E-state index contributed by atoms with van der Waals surface area (Å²) in [6, 6.07) is 20.8. The maximum Gasteiger partial charge on any atom is 0.123 e. The van der Waals surface area contributed by atoms with Crippen molar-refractivity contribution in [2.75, 3.05) is 6.54 Å². The molecule has 4 rings (SSSR count). The van der Waals surface area contributed by atoms with Crippen molar-refractivity contribution in [3.05, 3.63) is 95.1 Å². The normalized spacial score (nSPS) is 17.0. The van der Waals surface area contributed by atoms with Gasteiger partial charge >= 0.3 is 0 Å². The number of benzene rings is 2. The van der Waals surface area contributed by atoms with Gasteiger partial charge in [0.25, 0.3) is 0 Å². The molecule has 3 aromatic rings. The Morgan fingerprint density at radius 3 is 2.52 bits per heavy atom. The lowest BCUT2D eigenvalue weighted by atomic mass is 9.98. The van der Waals surface area contributed by atoms with Gasteiger partial charge in [-0.25, -0.2) is 4.39 Å². The fourth-order valence-corrected chi connectivity index (χ4v) is 4.15. The Morgan fingerprint density at radius 2 is 1.74 bits per heavy atom. The first kappa shape index (κ1) is 18.0. The lowest BCUT2D eigenvalue weighted by Gasteiger charge is -2.37. The molecule has 0 saturated heterocycles. The van der Waals surface area contributed by atoms with Gasteiger partial charge in [-0.15, -0.1) is 0 Å². The highest BCUT2D eigenvalue weighted by Crippen LogP contribution is 2.31. The fourth-order valence-electron chi connectivity index (χ4n) is 4.15. The quantitative estimate of drug-likeness (QED) is 0.571. The molecule has 0 spiro atoms. The van der Waals surface area contributed by atoms with E-state index in [1.807, 2.05) is 12.1 Å². The van der Waals surface area contributed by atoms with Gasteiger partial charge in [-0.1, -0.05) is 43.3 Å². The molecule has 27 heavy (non-hydrogen) atoms. The molecule has 2 nitrogen and oxygen atoms in total. The van der Waals surface area contributed by atoms with E-state index in [0.29, 0.717) is 6.04 Å². The minimum Gasteiger partial charge on any atom is -0.349 e. The zero-order valence-electron chi connectivity index (χ0n) is 15.9. The van der Waals surface area contributed by atoms with Crippen molar-refractivity contribution in [2.24, 2.45) is 0 Å². The molecule has 2 aromatic carbocycles. The summed E-state index contributed by atoms with van der Waals surface area (Å²) >= 11 is 0. The zero-order valence-corrected chi connectivity index (χ0v) is 15.9. The van der Waals surface area contributed by atoms with E-state index in [4.69, 9.17) is 0 Å². The smallest absolute Gasteiger partial charge is 0.123 e. The van der Waals surface area contributed by atoms with Crippen molar-refractivity contribution in [3.8, 4) is 0 Å². The third-order valence-corrected chi connectivity index (χ3v) is 5.69. The van der Waals surface area contributed by atoms with Gasteiger partial charge in [0.05, 0.1) is 6.04 Å². The Morgan fingerprint density at radius 1 is 0.926 bits per heavy atom. The Hall–Kier alpha value is -2.39. The minimum absolute atomic E-state index is 0.152. The summed E-state index contributed by atoms with van der Waals surface area (Å²) in [4.78, 5) is 2.50. The third kappa shape index (κ3) is 4.14. The molecule has 0 radical (unpaired) electrons. The number of nitrogens with zero attached hydrogens (tertiary/aromatic N) is 2. The molecule has 1 aliphatic rings. The molecule has 3 heteroatoms. The van der Waals surface area contributed by atoms with E-state index in [9.17, 15) is 4.39 Å². The van der Waals surface area contributed by atoms with Crippen LogP contribution in [0.25, 0.3) is 0 Å². The van der Waals surface area contributed by atoms with Crippen LogP contribution in [0.2, 0.25) is 0 Å². The second kappa shape index (κ2) is 8.10. The van der Waals surface area contributed by atoms with Crippen LogP contribution in [-0.2, 0) is 25.9 Å². The zero-order chi connectivity index (χ0) is 18.6. The standard InChI is InChI=1S/C24H27FN2/c1-2-19-8-10-20(11-9-19)12-13-24-23-7-4-14-26(23)15-16-27(24)18-21-5-3-6-22(25)17-21/h3-11,14,17,24H,2,12-13,15-16,18H2,1H3. The van der Waals surface area contributed by atoms with E-state index >= 15 is 0 Å². The predicted molar refractivity (Wildman–Crippen MR) is 108 cm³/mol. The summed E-state index contributed by atoms with van der Waals surface area (Å²) in [5.41, 5.74) is 5.20. The first-order valence-electron chi connectivity index (χ1n) is 9.94. The number of halogens is 1. The molecule has 0 amide bonds. The SMILES string of the molecule is CCc1ccc(CCC2c3cccn3CCN2Cc2cccc(F)c2)cc1. The Bertz CT molecular complexity index is 881. The Balaban J connectivity index is 1.51. The largest absolute Gasteiger partial charge is 0.349 e. The molecule has 0 saturated carbocycles. The molecule has 2 heterocycles. The van der Waals surface area contributed by atoms with Crippen LogP contribution in [0.15, 0.2) is 66.9 Å². The number of hydrogen-bond donors (Lipinski definition) is 0. The second-order valence-electron chi connectivity index (χ2n) is 7.45. The average molecular weight is 362 g/mol. The molecule has 1 atom stereocenters. The number of rotatable bonds is 6. The van der Waals surface area contributed by atoms with Gasteiger partial charge in [0, 0.05) is 31.5 Å². The topological polar surface area (TPSA) is 8.17 Å². The fraction of sp³-hybridized carbons (Fsp3) is 0.333. The molecule has 1 aliphatic heterocycles. The van der Waals surface area contributed by atoms with Crippen LogP contribution in [0.1, 0.15) is 41.8 Å². The molecule has 1 aromatic heterocycles. The van der Waals surface area contributed by atoms with Crippen molar-refractivity contribution < 1.29 is 4.39 Å². The van der Waals surface area contributed by atoms with Crippen molar-refractivity contribution >= 4 is 0 Å². The van der Waals surface area contributed by atoms with Gasteiger partial charge in [0.15, 0.2) is 0 Å². The number of hydrogen-bond acceptors (Lipinski definition) is 1. The van der Waals surface area contributed by atoms with E-state index in [1.165, 1.54) is 22.9 Å². The lowest BCUT2D eigenvalue weighted by molar-refractivity contribution is 0.140. The summed E-state index contributed by atoms with van der Waals surface area (Å²) in [7, 11) is 0. The van der Waals surface area contributed by atoms with Gasteiger partial charge < -0.3 is 4.57 Å². The van der Waals surface area contributed by atoms with Crippen LogP contribution in [0.4, 0.5) is 4.39 Å². The summed E-state index contributed by atoms with van der Waals surface area (Å²) < 4.78 is 16.0. The van der Waals surface area contributed by atoms with E-state index in [-0.39, 0.29) is 5.82 Å². The predicted octanol–water partition coefficient (Wildman–Crippen LogP) is 5.38. The van der Waals surface area contributed by atoms with Crippen LogP contribution < -0.4 is 0 Å². The van der Waals surface area contributed by atoms with Gasteiger partial charge in [-0.05, 0) is 60.2 Å². The monoisotopic (exact) mass is 362 g/mol. The molecule has 1 unspecified atom stereocenters. The summed E-state index contributed by atoms with van der Waals surface area (Å²) in [6.07, 6.45) is 5.39. The highest BCUT2D eigenvalue weighted by Gasteiger charge is 2.27. The highest BCUT2D eigenvalue weighted by atomic mass is 19.1. The molecule has 0 bridgehead atoms. The van der Waals surface area contributed by atoms with Crippen molar-refractivity contribution in [3.63, 3.8) is 0 Å².